The van der Waals surface area contributed by atoms with E-state index in [1.165, 1.54) is 36.3 Å². The van der Waals surface area contributed by atoms with Gasteiger partial charge in [0.05, 0.1) is 0 Å². The number of fused-ring (bicyclic) bond motifs is 1. The Morgan fingerprint density at radius 3 is 2.94 bits per heavy atom. The first-order valence-corrected chi connectivity index (χ1v) is 7.09. The molecule has 1 fully saturated rings. The van der Waals surface area contributed by atoms with Crippen molar-refractivity contribution in [2.24, 2.45) is 11.7 Å². The van der Waals surface area contributed by atoms with E-state index in [-0.39, 0.29) is 6.04 Å². The predicted octanol–water partition coefficient (Wildman–Crippen LogP) is 1.53. The van der Waals surface area contributed by atoms with Crippen molar-refractivity contribution >= 4 is 5.82 Å². The topological polar surface area (TPSA) is 55.0 Å². The molecular weight excluding hydrogens is 224 g/mol. The molecule has 0 aromatic carbocycles. The van der Waals surface area contributed by atoms with Crippen molar-refractivity contribution in [3.8, 4) is 0 Å². The van der Waals surface area contributed by atoms with E-state index >= 15 is 0 Å². The van der Waals surface area contributed by atoms with Gasteiger partial charge >= 0.3 is 0 Å². The summed E-state index contributed by atoms with van der Waals surface area (Å²) in [6.07, 6.45) is 7.74. The second-order valence-electron chi connectivity index (χ2n) is 5.68. The average Bonchev–Trinajstić information content (AvgIpc) is 2.87. The van der Waals surface area contributed by atoms with Gasteiger partial charge in [0, 0.05) is 30.4 Å². The number of anilines is 1. The van der Waals surface area contributed by atoms with Crippen molar-refractivity contribution in [1.29, 1.82) is 0 Å². The number of rotatable bonds is 2. The summed E-state index contributed by atoms with van der Waals surface area (Å²) in [4.78, 5) is 11.4. The SMILES string of the molecule is CC(N)C1CCN(c2ncnc3c2CCCC3)C1. The van der Waals surface area contributed by atoms with E-state index in [1.54, 1.807) is 6.33 Å². The second-order valence-corrected chi connectivity index (χ2v) is 5.68. The second kappa shape index (κ2) is 4.84. The van der Waals surface area contributed by atoms with Gasteiger partial charge in [-0.15, -0.1) is 0 Å². The molecule has 98 valence electrons. The number of nitrogens with two attached hydrogens (primary N) is 1. The first kappa shape index (κ1) is 11.9. The standard InChI is InChI=1S/C14H22N4/c1-10(15)11-6-7-18(8-11)14-12-4-2-3-5-13(12)16-9-17-14/h9-11H,2-8,15H2,1H3. The lowest BCUT2D eigenvalue weighted by molar-refractivity contribution is 0.487. The molecule has 3 rings (SSSR count). The molecule has 2 aliphatic rings. The molecule has 1 saturated heterocycles. The van der Waals surface area contributed by atoms with E-state index in [2.05, 4.69) is 21.8 Å². The van der Waals surface area contributed by atoms with Crippen LogP contribution in [0, 0.1) is 5.92 Å². The maximum atomic E-state index is 6.02. The summed E-state index contributed by atoms with van der Waals surface area (Å²) in [5, 5.41) is 0. The fourth-order valence-corrected chi connectivity index (χ4v) is 3.19. The maximum absolute atomic E-state index is 6.02. The summed E-state index contributed by atoms with van der Waals surface area (Å²) in [6, 6.07) is 0.285. The van der Waals surface area contributed by atoms with Gasteiger partial charge in [-0.3, -0.25) is 0 Å². The molecular formula is C14H22N4. The van der Waals surface area contributed by atoms with Crippen LogP contribution >= 0.6 is 0 Å². The van der Waals surface area contributed by atoms with Gasteiger partial charge in [0.2, 0.25) is 0 Å². The molecule has 2 atom stereocenters. The Morgan fingerprint density at radius 2 is 2.17 bits per heavy atom. The minimum atomic E-state index is 0.285. The summed E-state index contributed by atoms with van der Waals surface area (Å²) in [5.41, 5.74) is 8.69. The lowest BCUT2D eigenvalue weighted by Gasteiger charge is -2.24. The Kier molecular flexibility index (Phi) is 3.20. The lowest BCUT2D eigenvalue weighted by atomic mass is 9.96. The van der Waals surface area contributed by atoms with Crippen LogP contribution in [0.25, 0.3) is 0 Å². The van der Waals surface area contributed by atoms with Crippen LogP contribution in [0.1, 0.15) is 37.4 Å². The quantitative estimate of drug-likeness (QED) is 0.860. The first-order chi connectivity index (χ1) is 8.75. The van der Waals surface area contributed by atoms with Crippen molar-refractivity contribution in [2.45, 2.75) is 45.1 Å². The van der Waals surface area contributed by atoms with Gasteiger partial charge in [-0.25, -0.2) is 9.97 Å². The van der Waals surface area contributed by atoms with Crippen LogP contribution in [0.15, 0.2) is 6.33 Å². The number of aryl methyl sites for hydroxylation is 1. The van der Waals surface area contributed by atoms with E-state index in [0.717, 1.165) is 25.9 Å². The minimum absolute atomic E-state index is 0.285. The Labute approximate surface area is 109 Å². The maximum Gasteiger partial charge on any atom is 0.135 e. The van der Waals surface area contributed by atoms with Gasteiger partial charge in [-0.2, -0.15) is 0 Å². The highest BCUT2D eigenvalue weighted by Gasteiger charge is 2.28. The number of hydrogen-bond donors (Lipinski definition) is 1. The molecule has 1 aliphatic carbocycles. The molecule has 0 amide bonds. The molecule has 0 saturated carbocycles. The van der Waals surface area contributed by atoms with E-state index < -0.39 is 0 Å². The summed E-state index contributed by atoms with van der Waals surface area (Å²) in [6.45, 7) is 4.26. The molecule has 2 N–H and O–H groups in total. The van der Waals surface area contributed by atoms with E-state index in [9.17, 15) is 0 Å². The minimum Gasteiger partial charge on any atom is -0.356 e. The third-order valence-electron chi connectivity index (χ3n) is 4.37. The Morgan fingerprint density at radius 1 is 1.33 bits per heavy atom. The van der Waals surface area contributed by atoms with Crippen LogP contribution < -0.4 is 10.6 Å². The van der Waals surface area contributed by atoms with Gasteiger partial charge in [0.15, 0.2) is 0 Å². The molecule has 4 nitrogen and oxygen atoms in total. The fraction of sp³-hybridized carbons (Fsp3) is 0.714. The molecule has 0 bridgehead atoms. The van der Waals surface area contributed by atoms with E-state index in [1.807, 2.05) is 0 Å². The molecule has 18 heavy (non-hydrogen) atoms. The third-order valence-corrected chi connectivity index (χ3v) is 4.37. The highest BCUT2D eigenvalue weighted by atomic mass is 15.2. The van der Waals surface area contributed by atoms with Crippen molar-refractivity contribution in [1.82, 2.24) is 9.97 Å². The monoisotopic (exact) mass is 246 g/mol. The largest absolute Gasteiger partial charge is 0.356 e. The molecule has 0 spiro atoms. The molecule has 2 unspecified atom stereocenters. The molecule has 1 aromatic heterocycles. The Hall–Kier alpha value is -1.16. The predicted molar refractivity (Wildman–Crippen MR) is 72.6 cm³/mol. The Bertz CT molecular complexity index is 430. The molecule has 2 heterocycles. The van der Waals surface area contributed by atoms with Crippen LogP contribution in [0.5, 0.6) is 0 Å². The Balaban J connectivity index is 1.85. The summed E-state index contributed by atoms with van der Waals surface area (Å²) in [7, 11) is 0. The summed E-state index contributed by atoms with van der Waals surface area (Å²) >= 11 is 0. The molecule has 1 aromatic rings. The van der Waals surface area contributed by atoms with Gasteiger partial charge in [-0.1, -0.05) is 0 Å². The number of hydrogen-bond acceptors (Lipinski definition) is 4. The van der Waals surface area contributed by atoms with Crippen LogP contribution in [-0.4, -0.2) is 29.1 Å². The number of aromatic nitrogens is 2. The summed E-state index contributed by atoms with van der Waals surface area (Å²) in [5.74, 6) is 1.79. The smallest absolute Gasteiger partial charge is 0.135 e. The van der Waals surface area contributed by atoms with Gasteiger partial charge in [0.25, 0.3) is 0 Å². The first-order valence-electron chi connectivity index (χ1n) is 7.09. The van der Waals surface area contributed by atoms with Crippen molar-refractivity contribution < 1.29 is 0 Å². The van der Waals surface area contributed by atoms with Crippen LogP contribution in [0.3, 0.4) is 0 Å². The van der Waals surface area contributed by atoms with Gasteiger partial charge < -0.3 is 10.6 Å². The van der Waals surface area contributed by atoms with Crippen molar-refractivity contribution in [3.05, 3.63) is 17.6 Å². The van der Waals surface area contributed by atoms with Crippen LogP contribution in [0.2, 0.25) is 0 Å². The van der Waals surface area contributed by atoms with Crippen molar-refractivity contribution in [3.63, 3.8) is 0 Å². The summed E-state index contributed by atoms with van der Waals surface area (Å²) < 4.78 is 0. The fourth-order valence-electron chi connectivity index (χ4n) is 3.19. The van der Waals surface area contributed by atoms with Crippen LogP contribution in [-0.2, 0) is 12.8 Å². The highest BCUT2D eigenvalue weighted by molar-refractivity contribution is 5.50. The van der Waals surface area contributed by atoms with Gasteiger partial charge in [0.1, 0.15) is 12.1 Å². The lowest BCUT2D eigenvalue weighted by Crippen LogP contribution is -2.30. The third kappa shape index (κ3) is 2.09. The highest BCUT2D eigenvalue weighted by Crippen LogP contribution is 2.30. The average molecular weight is 246 g/mol. The molecule has 1 aliphatic heterocycles. The zero-order valence-electron chi connectivity index (χ0n) is 11.1. The van der Waals surface area contributed by atoms with Gasteiger partial charge in [-0.05, 0) is 44.9 Å². The van der Waals surface area contributed by atoms with Crippen LogP contribution in [0.4, 0.5) is 5.82 Å². The molecule has 4 heteroatoms. The zero-order valence-corrected chi connectivity index (χ0v) is 11.1. The molecule has 0 radical (unpaired) electrons. The van der Waals surface area contributed by atoms with E-state index in [0.29, 0.717) is 5.92 Å². The zero-order chi connectivity index (χ0) is 12.5. The normalized spacial score (nSPS) is 25.0. The van der Waals surface area contributed by atoms with Crippen molar-refractivity contribution in [2.75, 3.05) is 18.0 Å². The van der Waals surface area contributed by atoms with E-state index in [4.69, 9.17) is 5.73 Å². The number of nitrogens with zero attached hydrogens (tertiary/aromatic N) is 3.